The number of rotatable bonds is 5. The third-order valence-corrected chi connectivity index (χ3v) is 3.02. The summed E-state index contributed by atoms with van der Waals surface area (Å²) < 4.78 is 5.48. The second kappa shape index (κ2) is 6.30. The van der Waals surface area contributed by atoms with Gasteiger partial charge in [0, 0.05) is 12.1 Å². The second-order valence-electron chi connectivity index (χ2n) is 4.41. The molecule has 0 aliphatic carbocycles. The van der Waals surface area contributed by atoms with Crippen molar-refractivity contribution in [3.63, 3.8) is 0 Å². The number of aromatic nitrogens is 2. The number of primary amides is 1. The second-order valence-corrected chi connectivity index (χ2v) is 4.41. The standard InChI is InChI=1S/C12H18N4O2/c13-12(17)10-4-5-11(16-15-10)18-8-6-9-3-1-2-7-14-9/h4-5,9,14H,1-3,6-8H2,(H2,13,17). The molecular weight excluding hydrogens is 232 g/mol. The summed E-state index contributed by atoms with van der Waals surface area (Å²) in [5.74, 6) is -0.156. The molecule has 3 N–H and O–H groups in total. The van der Waals surface area contributed by atoms with Crippen molar-refractivity contribution in [2.24, 2.45) is 5.73 Å². The fourth-order valence-corrected chi connectivity index (χ4v) is 2.00. The van der Waals surface area contributed by atoms with E-state index in [4.69, 9.17) is 10.5 Å². The largest absolute Gasteiger partial charge is 0.477 e. The molecule has 1 saturated heterocycles. The van der Waals surface area contributed by atoms with Gasteiger partial charge >= 0.3 is 0 Å². The molecule has 1 unspecified atom stereocenters. The molecule has 1 aromatic heterocycles. The van der Waals surface area contributed by atoms with Gasteiger partial charge in [-0.1, -0.05) is 6.42 Å². The minimum Gasteiger partial charge on any atom is -0.477 e. The molecule has 2 heterocycles. The van der Waals surface area contributed by atoms with Crippen LogP contribution in [-0.4, -0.2) is 35.3 Å². The SMILES string of the molecule is NC(=O)c1ccc(OCCC2CCCCN2)nn1. The maximum Gasteiger partial charge on any atom is 0.269 e. The van der Waals surface area contributed by atoms with Crippen LogP contribution in [0.4, 0.5) is 0 Å². The van der Waals surface area contributed by atoms with Gasteiger partial charge in [-0.25, -0.2) is 0 Å². The average molecular weight is 250 g/mol. The number of ether oxygens (including phenoxy) is 1. The van der Waals surface area contributed by atoms with Gasteiger partial charge in [-0.3, -0.25) is 4.79 Å². The fraction of sp³-hybridized carbons (Fsp3) is 0.583. The lowest BCUT2D eigenvalue weighted by molar-refractivity contribution is 0.0994. The van der Waals surface area contributed by atoms with Crippen LogP contribution in [0.25, 0.3) is 0 Å². The van der Waals surface area contributed by atoms with Gasteiger partial charge in [0.2, 0.25) is 5.88 Å². The summed E-state index contributed by atoms with van der Waals surface area (Å²) >= 11 is 0. The Hall–Kier alpha value is -1.69. The average Bonchev–Trinajstić information content (AvgIpc) is 2.40. The highest BCUT2D eigenvalue weighted by Crippen LogP contribution is 2.11. The molecule has 0 radical (unpaired) electrons. The van der Waals surface area contributed by atoms with Gasteiger partial charge < -0.3 is 15.8 Å². The van der Waals surface area contributed by atoms with Crippen molar-refractivity contribution in [2.75, 3.05) is 13.2 Å². The van der Waals surface area contributed by atoms with Crippen LogP contribution >= 0.6 is 0 Å². The number of nitrogens with one attached hydrogen (secondary N) is 1. The Labute approximate surface area is 106 Å². The molecule has 0 spiro atoms. The van der Waals surface area contributed by atoms with Crippen LogP contribution in [0.3, 0.4) is 0 Å². The highest BCUT2D eigenvalue weighted by atomic mass is 16.5. The van der Waals surface area contributed by atoms with Crippen LogP contribution in [0, 0.1) is 0 Å². The Kier molecular flexibility index (Phi) is 4.46. The maximum atomic E-state index is 10.8. The predicted molar refractivity (Wildman–Crippen MR) is 66.3 cm³/mol. The summed E-state index contributed by atoms with van der Waals surface area (Å²) in [5.41, 5.74) is 5.22. The molecule has 0 bridgehead atoms. The molecule has 6 heteroatoms. The number of nitrogens with two attached hydrogens (primary N) is 1. The van der Waals surface area contributed by atoms with Gasteiger partial charge in [0.1, 0.15) is 0 Å². The maximum absolute atomic E-state index is 10.8. The van der Waals surface area contributed by atoms with E-state index in [2.05, 4.69) is 15.5 Å². The monoisotopic (exact) mass is 250 g/mol. The molecular formula is C12H18N4O2. The van der Waals surface area contributed by atoms with E-state index in [0.29, 0.717) is 18.5 Å². The molecule has 1 atom stereocenters. The highest BCUT2D eigenvalue weighted by Gasteiger charge is 2.12. The number of piperidine rings is 1. The zero-order chi connectivity index (χ0) is 12.8. The van der Waals surface area contributed by atoms with Crippen LogP contribution in [0.15, 0.2) is 12.1 Å². The number of hydrogen-bond acceptors (Lipinski definition) is 5. The van der Waals surface area contributed by atoms with E-state index in [1.54, 1.807) is 6.07 Å². The van der Waals surface area contributed by atoms with E-state index in [1.807, 2.05) is 0 Å². The summed E-state index contributed by atoms with van der Waals surface area (Å²) in [7, 11) is 0. The van der Waals surface area contributed by atoms with E-state index in [9.17, 15) is 4.79 Å². The quantitative estimate of drug-likeness (QED) is 0.793. The Balaban J connectivity index is 1.74. The molecule has 1 fully saturated rings. The van der Waals surface area contributed by atoms with Crippen molar-refractivity contribution in [1.82, 2.24) is 15.5 Å². The first kappa shape index (κ1) is 12.8. The third-order valence-electron chi connectivity index (χ3n) is 3.02. The van der Waals surface area contributed by atoms with Gasteiger partial charge in [0.25, 0.3) is 5.91 Å². The van der Waals surface area contributed by atoms with Crippen molar-refractivity contribution in [3.05, 3.63) is 17.8 Å². The number of carbonyl (C=O) groups is 1. The van der Waals surface area contributed by atoms with E-state index in [-0.39, 0.29) is 5.69 Å². The minimum atomic E-state index is -0.583. The van der Waals surface area contributed by atoms with Gasteiger partial charge in [0.05, 0.1) is 6.61 Å². The van der Waals surface area contributed by atoms with Gasteiger partial charge in [-0.05, 0) is 31.9 Å². The molecule has 6 nitrogen and oxygen atoms in total. The molecule has 98 valence electrons. The number of nitrogens with zero attached hydrogens (tertiary/aromatic N) is 2. The van der Waals surface area contributed by atoms with Crippen LogP contribution in [0.2, 0.25) is 0 Å². The normalized spacial score (nSPS) is 19.4. The Morgan fingerprint density at radius 1 is 1.44 bits per heavy atom. The lowest BCUT2D eigenvalue weighted by Crippen LogP contribution is -2.35. The first-order chi connectivity index (χ1) is 8.75. The first-order valence-electron chi connectivity index (χ1n) is 6.25. The van der Waals surface area contributed by atoms with E-state index < -0.39 is 5.91 Å². The van der Waals surface area contributed by atoms with Crippen LogP contribution in [0.1, 0.15) is 36.2 Å². The first-order valence-corrected chi connectivity index (χ1v) is 6.25. The number of hydrogen-bond donors (Lipinski definition) is 2. The van der Waals surface area contributed by atoms with Gasteiger partial charge in [0.15, 0.2) is 5.69 Å². The third kappa shape index (κ3) is 3.66. The molecule has 1 amide bonds. The van der Waals surface area contributed by atoms with E-state index >= 15 is 0 Å². The smallest absolute Gasteiger partial charge is 0.269 e. The van der Waals surface area contributed by atoms with Crippen molar-refractivity contribution in [2.45, 2.75) is 31.7 Å². The summed E-state index contributed by atoms with van der Waals surface area (Å²) in [6, 6.07) is 3.67. The minimum absolute atomic E-state index is 0.149. The van der Waals surface area contributed by atoms with Gasteiger partial charge in [-0.2, -0.15) is 0 Å². The summed E-state index contributed by atoms with van der Waals surface area (Å²) in [5, 5.41) is 10.9. The van der Waals surface area contributed by atoms with Crippen LogP contribution < -0.4 is 15.8 Å². The Bertz CT molecular complexity index is 388. The zero-order valence-corrected chi connectivity index (χ0v) is 10.3. The van der Waals surface area contributed by atoms with E-state index in [1.165, 1.54) is 25.3 Å². The molecule has 0 aromatic carbocycles. The van der Waals surface area contributed by atoms with E-state index in [0.717, 1.165) is 13.0 Å². The van der Waals surface area contributed by atoms with Crippen LogP contribution in [0.5, 0.6) is 5.88 Å². The van der Waals surface area contributed by atoms with Crippen molar-refractivity contribution in [1.29, 1.82) is 0 Å². The number of carbonyl (C=O) groups excluding carboxylic acids is 1. The van der Waals surface area contributed by atoms with Crippen molar-refractivity contribution >= 4 is 5.91 Å². The highest BCUT2D eigenvalue weighted by molar-refractivity contribution is 5.90. The number of amides is 1. The topological polar surface area (TPSA) is 90.1 Å². The van der Waals surface area contributed by atoms with Crippen LogP contribution in [-0.2, 0) is 0 Å². The van der Waals surface area contributed by atoms with Crippen molar-refractivity contribution < 1.29 is 9.53 Å². The summed E-state index contributed by atoms with van der Waals surface area (Å²) in [6.45, 7) is 1.69. The molecule has 18 heavy (non-hydrogen) atoms. The summed E-state index contributed by atoms with van der Waals surface area (Å²) in [4.78, 5) is 10.8. The molecule has 1 aromatic rings. The molecule has 0 saturated carbocycles. The zero-order valence-electron chi connectivity index (χ0n) is 10.3. The molecule has 1 aliphatic heterocycles. The fourth-order valence-electron chi connectivity index (χ4n) is 2.00. The Morgan fingerprint density at radius 2 is 2.33 bits per heavy atom. The van der Waals surface area contributed by atoms with Crippen molar-refractivity contribution in [3.8, 4) is 5.88 Å². The molecule has 2 rings (SSSR count). The summed E-state index contributed by atoms with van der Waals surface area (Å²) in [6.07, 6.45) is 4.71. The molecule has 1 aliphatic rings. The predicted octanol–water partition coefficient (Wildman–Crippen LogP) is 0.486. The van der Waals surface area contributed by atoms with Gasteiger partial charge in [-0.15, -0.1) is 10.2 Å². The lowest BCUT2D eigenvalue weighted by atomic mass is 10.0. The lowest BCUT2D eigenvalue weighted by Gasteiger charge is -2.23. The Morgan fingerprint density at radius 3 is 2.94 bits per heavy atom.